The highest BCUT2D eigenvalue weighted by Crippen LogP contribution is 2.37. The van der Waals surface area contributed by atoms with E-state index in [0.29, 0.717) is 23.9 Å². The minimum absolute atomic E-state index is 0.0160. The van der Waals surface area contributed by atoms with Crippen LogP contribution in [0.1, 0.15) is 23.2 Å². The standard InChI is InChI=1S/C18H21ClN2O5S/c1-25-18(22)13-11-15(21-10-6-5-9-19)17(16(12-13)27(20,23)24)26-14-7-3-2-4-8-14/h2-4,7-8,11-12,21H,5-6,9-10H2,1H3,(H2,20,23,24). The number of para-hydroxylation sites is 1. The fourth-order valence-electron chi connectivity index (χ4n) is 2.33. The van der Waals surface area contributed by atoms with Crippen LogP contribution in [-0.4, -0.2) is 33.9 Å². The molecule has 2 rings (SSSR count). The van der Waals surface area contributed by atoms with Gasteiger partial charge in [0.1, 0.15) is 10.6 Å². The fraction of sp³-hybridized carbons (Fsp3) is 0.278. The minimum atomic E-state index is -4.17. The lowest BCUT2D eigenvalue weighted by Crippen LogP contribution is -2.16. The Morgan fingerprint density at radius 2 is 1.89 bits per heavy atom. The molecule has 0 saturated heterocycles. The second-order valence-corrected chi connectivity index (χ2v) is 7.53. The summed E-state index contributed by atoms with van der Waals surface area (Å²) in [4.78, 5) is 11.6. The molecule has 0 unspecified atom stereocenters. The number of halogens is 1. The lowest BCUT2D eigenvalue weighted by Gasteiger charge is -2.17. The van der Waals surface area contributed by atoms with Gasteiger partial charge >= 0.3 is 5.97 Å². The van der Waals surface area contributed by atoms with Gasteiger partial charge < -0.3 is 14.8 Å². The van der Waals surface area contributed by atoms with Crippen LogP contribution in [0.4, 0.5) is 5.69 Å². The van der Waals surface area contributed by atoms with Gasteiger partial charge in [0.15, 0.2) is 5.75 Å². The average Bonchev–Trinajstić information content (AvgIpc) is 2.65. The molecule has 9 heteroatoms. The van der Waals surface area contributed by atoms with Crippen molar-refractivity contribution in [3.8, 4) is 11.5 Å². The summed E-state index contributed by atoms with van der Waals surface area (Å²) in [7, 11) is -2.96. The first kappa shape index (κ1) is 21.0. The van der Waals surface area contributed by atoms with Crippen LogP contribution in [0.3, 0.4) is 0 Å². The molecule has 2 aromatic carbocycles. The molecule has 3 N–H and O–H groups in total. The van der Waals surface area contributed by atoms with Crippen LogP contribution in [0.5, 0.6) is 11.5 Å². The van der Waals surface area contributed by atoms with Crippen molar-refractivity contribution in [3.63, 3.8) is 0 Å². The van der Waals surface area contributed by atoms with Crippen LogP contribution in [0.2, 0.25) is 0 Å². The van der Waals surface area contributed by atoms with Crippen molar-refractivity contribution in [1.29, 1.82) is 0 Å². The van der Waals surface area contributed by atoms with E-state index >= 15 is 0 Å². The molecule has 0 atom stereocenters. The summed E-state index contributed by atoms with van der Waals surface area (Å²) in [5, 5.41) is 8.45. The Hall–Kier alpha value is -2.29. The van der Waals surface area contributed by atoms with Gasteiger partial charge in [0.25, 0.3) is 0 Å². The predicted molar refractivity (Wildman–Crippen MR) is 104 cm³/mol. The van der Waals surface area contributed by atoms with Crippen LogP contribution in [0.15, 0.2) is 47.4 Å². The van der Waals surface area contributed by atoms with Crippen molar-refractivity contribution in [2.45, 2.75) is 17.7 Å². The molecule has 0 aliphatic carbocycles. The van der Waals surface area contributed by atoms with Gasteiger partial charge in [-0.25, -0.2) is 18.4 Å². The summed E-state index contributed by atoms with van der Waals surface area (Å²) in [6, 6.07) is 11.3. The number of esters is 1. The third-order valence-electron chi connectivity index (χ3n) is 3.62. The molecule has 0 bridgehead atoms. The quantitative estimate of drug-likeness (QED) is 0.371. The highest BCUT2D eigenvalue weighted by Gasteiger charge is 2.23. The van der Waals surface area contributed by atoms with Crippen molar-refractivity contribution in [1.82, 2.24) is 0 Å². The number of nitrogens with one attached hydrogen (secondary N) is 1. The van der Waals surface area contributed by atoms with E-state index in [-0.39, 0.29) is 16.2 Å². The summed E-state index contributed by atoms with van der Waals surface area (Å²) in [5.74, 6) is 0.272. The van der Waals surface area contributed by atoms with Gasteiger partial charge in [-0.1, -0.05) is 18.2 Å². The first-order valence-corrected chi connectivity index (χ1v) is 10.3. The maximum Gasteiger partial charge on any atom is 0.337 e. The van der Waals surface area contributed by atoms with Crippen LogP contribution >= 0.6 is 11.6 Å². The average molecular weight is 413 g/mol. The second kappa shape index (κ2) is 9.59. The summed E-state index contributed by atoms with van der Waals surface area (Å²) in [5.41, 5.74) is 0.363. The van der Waals surface area contributed by atoms with Crippen molar-refractivity contribution >= 4 is 33.3 Å². The number of carbonyl (C=O) groups is 1. The van der Waals surface area contributed by atoms with E-state index < -0.39 is 16.0 Å². The Morgan fingerprint density at radius 3 is 2.48 bits per heavy atom. The Kier molecular flexibility index (Phi) is 7.46. The van der Waals surface area contributed by atoms with Crippen LogP contribution < -0.4 is 15.2 Å². The molecule has 2 aromatic rings. The molecule has 7 nitrogen and oxygen atoms in total. The number of alkyl halides is 1. The number of nitrogens with two attached hydrogens (primary N) is 1. The third kappa shape index (κ3) is 5.85. The monoisotopic (exact) mass is 412 g/mol. The van der Waals surface area contributed by atoms with Crippen molar-refractivity contribution in [3.05, 3.63) is 48.0 Å². The van der Waals surface area contributed by atoms with E-state index in [1.165, 1.54) is 13.2 Å². The normalized spacial score (nSPS) is 11.1. The number of unbranched alkanes of at least 4 members (excludes halogenated alkanes) is 1. The van der Waals surface area contributed by atoms with E-state index in [1.807, 2.05) is 0 Å². The molecule has 0 aromatic heterocycles. The SMILES string of the molecule is COC(=O)c1cc(NCCCCCl)c(Oc2ccccc2)c(S(N)(=O)=O)c1. The number of primary sulfonamides is 1. The molecule has 0 amide bonds. The zero-order chi connectivity index (χ0) is 19.9. The number of methoxy groups -OCH3 is 1. The van der Waals surface area contributed by atoms with Gasteiger partial charge in [-0.3, -0.25) is 0 Å². The largest absolute Gasteiger partial charge is 0.465 e. The molecule has 0 aliphatic rings. The van der Waals surface area contributed by atoms with Gasteiger partial charge in [0, 0.05) is 12.4 Å². The number of carbonyl (C=O) groups excluding carboxylic acids is 1. The Bertz CT molecular complexity index is 888. The Morgan fingerprint density at radius 1 is 1.19 bits per heavy atom. The van der Waals surface area contributed by atoms with Crippen LogP contribution in [0, 0.1) is 0 Å². The van der Waals surface area contributed by atoms with Gasteiger partial charge in [-0.15, -0.1) is 11.6 Å². The summed E-state index contributed by atoms with van der Waals surface area (Å²) in [6.45, 7) is 0.507. The van der Waals surface area contributed by atoms with E-state index in [9.17, 15) is 13.2 Å². The van der Waals surface area contributed by atoms with Crippen molar-refractivity contribution in [2.24, 2.45) is 5.14 Å². The minimum Gasteiger partial charge on any atom is -0.465 e. The molecule has 0 radical (unpaired) electrons. The molecule has 0 spiro atoms. The van der Waals surface area contributed by atoms with E-state index in [1.54, 1.807) is 30.3 Å². The second-order valence-electron chi connectivity index (χ2n) is 5.63. The van der Waals surface area contributed by atoms with Crippen LogP contribution in [-0.2, 0) is 14.8 Å². The van der Waals surface area contributed by atoms with E-state index in [0.717, 1.165) is 18.9 Å². The number of hydrogen-bond acceptors (Lipinski definition) is 6. The van der Waals surface area contributed by atoms with Gasteiger partial charge in [-0.05, 0) is 37.1 Å². The Balaban J connectivity index is 2.54. The first-order chi connectivity index (χ1) is 12.9. The van der Waals surface area contributed by atoms with Gasteiger partial charge in [0.05, 0.1) is 18.4 Å². The first-order valence-electron chi connectivity index (χ1n) is 8.18. The predicted octanol–water partition coefficient (Wildman–Crippen LogP) is 3.34. The molecular formula is C18H21ClN2O5S. The smallest absolute Gasteiger partial charge is 0.337 e. The van der Waals surface area contributed by atoms with Gasteiger partial charge in [-0.2, -0.15) is 0 Å². The maximum atomic E-state index is 12.1. The maximum absolute atomic E-state index is 12.1. The van der Waals surface area contributed by atoms with Crippen LogP contribution in [0.25, 0.3) is 0 Å². The number of rotatable bonds is 9. The highest BCUT2D eigenvalue weighted by molar-refractivity contribution is 7.89. The zero-order valence-electron chi connectivity index (χ0n) is 14.8. The lowest BCUT2D eigenvalue weighted by atomic mass is 10.1. The number of hydrogen-bond donors (Lipinski definition) is 2. The highest BCUT2D eigenvalue weighted by atomic mass is 35.5. The molecule has 0 fully saturated rings. The molecule has 0 saturated carbocycles. The Labute approximate surface area is 163 Å². The third-order valence-corrected chi connectivity index (χ3v) is 4.81. The zero-order valence-corrected chi connectivity index (χ0v) is 16.3. The molecule has 146 valence electrons. The van der Waals surface area contributed by atoms with E-state index in [4.69, 9.17) is 26.2 Å². The summed E-state index contributed by atoms with van der Waals surface area (Å²) in [6.07, 6.45) is 1.53. The fourth-order valence-corrected chi connectivity index (χ4v) is 3.23. The molecule has 0 aliphatic heterocycles. The van der Waals surface area contributed by atoms with Gasteiger partial charge in [0.2, 0.25) is 10.0 Å². The van der Waals surface area contributed by atoms with Crippen molar-refractivity contribution < 1.29 is 22.7 Å². The summed E-state index contributed by atoms with van der Waals surface area (Å²) < 4.78 is 34.8. The summed E-state index contributed by atoms with van der Waals surface area (Å²) >= 11 is 5.68. The number of sulfonamides is 1. The number of ether oxygens (including phenoxy) is 2. The van der Waals surface area contributed by atoms with E-state index in [2.05, 4.69) is 5.32 Å². The number of benzene rings is 2. The lowest BCUT2D eigenvalue weighted by molar-refractivity contribution is 0.0600. The number of anilines is 1. The molecule has 0 heterocycles. The molecular weight excluding hydrogens is 392 g/mol. The van der Waals surface area contributed by atoms with Crippen molar-refractivity contribution in [2.75, 3.05) is 24.9 Å². The topological polar surface area (TPSA) is 108 Å². The molecule has 27 heavy (non-hydrogen) atoms.